The summed E-state index contributed by atoms with van der Waals surface area (Å²) in [4.78, 5) is 16.9. The van der Waals surface area contributed by atoms with Gasteiger partial charge in [0.1, 0.15) is 11.5 Å². The predicted octanol–water partition coefficient (Wildman–Crippen LogP) is 4.14. The second-order valence-electron chi connectivity index (χ2n) is 7.38. The van der Waals surface area contributed by atoms with Crippen LogP contribution in [0.1, 0.15) is 25.7 Å². The molecule has 0 atom stereocenters. The number of para-hydroxylation sites is 4. The number of anilines is 2. The summed E-state index contributed by atoms with van der Waals surface area (Å²) in [5.41, 5.74) is 1.65. The van der Waals surface area contributed by atoms with Crippen molar-refractivity contribution in [1.29, 1.82) is 0 Å². The van der Waals surface area contributed by atoms with Crippen LogP contribution in [0.2, 0.25) is 0 Å². The molecule has 1 aliphatic heterocycles. The van der Waals surface area contributed by atoms with Gasteiger partial charge in [-0.15, -0.1) is 12.4 Å². The molecule has 6 nitrogen and oxygen atoms in total. The number of carbonyl (C=O) groups is 1. The van der Waals surface area contributed by atoms with Crippen LogP contribution in [-0.4, -0.2) is 55.7 Å². The first kappa shape index (κ1) is 23.8. The van der Waals surface area contributed by atoms with E-state index >= 15 is 0 Å². The summed E-state index contributed by atoms with van der Waals surface area (Å²) >= 11 is 0. The van der Waals surface area contributed by atoms with Crippen molar-refractivity contribution in [1.82, 2.24) is 4.90 Å². The SMILES string of the molecule is COc1ccccc1N1CCN(CCCCCC(=O)Nc2ccccc2O)CC1.Cl. The summed E-state index contributed by atoms with van der Waals surface area (Å²) in [6.45, 7) is 5.17. The van der Waals surface area contributed by atoms with Gasteiger partial charge in [0.2, 0.25) is 5.91 Å². The Morgan fingerprint density at radius 1 is 1.00 bits per heavy atom. The third kappa shape index (κ3) is 6.82. The lowest BCUT2D eigenvalue weighted by Crippen LogP contribution is -2.46. The molecule has 2 aromatic rings. The van der Waals surface area contributed by atoms with E-state index in [9.17, 15) is 9.90 Å². The molecule has 0 aromatic heterocycles. The quantitative estimate of drug-likeness (QED) is 0.459. The second kappa shape index (κ2) is 12.3. The highest BCUT2D eigenvalue weighted by Gasteiger charge is 2.19. The average Bonchev–Trinajstić information content (AvgIpc) is 2.75. The summed E-state index contributed by atoms with van der Waals surface area (Å²) in [6, 6.07) is 15.0. The first-order chi connectivity index (χ1) is 14.2. The smallest absolute Gasteiger partial charge is 0.224 e. The van der Waals surface area contributed by atoms with E-state index < -0.39 is 0 Å². The molecule has 2 N–H and O–H groups in total. The van der Waals surface area contributed by atoms with Crippen LogP contribution in [0.25, 0.3) is 0 Å². The maximum absolute atomic E-state index is 12.0. The van der Waals surface area contributed by atoms with Crippen LogP contribution in [0.4, 0.5) is 11.4 Å². The molecule has 0 unspecified atom stereocenters. The fourth-order valence-corrected chi connectivity index (χ4v) is 3.69. The molecular weight excluding hydrogens is 402 g/mol. The van der Waals surface area contributed by atoms with E-state index in [1.807, 2.05) is 12.1 Å². The molecule has 0 radical (unpaired) electrons. The molecule has 0 bridgehead atoms. The van der Waals surface area contributed by atoms with Crippen LogP contribution in [0.3, 0.4) is 0 Å². The standard InChI is InChI=1S/C23H31N3O3.ClH/c1-29-22-12-7-5-10-20(22)26-17-15-25(16-18-26)14-8-2-3-13-23(28)24-19-9-4-6-11-21(19)27;/h4-7,9-12,27H,2-3,8,13-18H2,1H3,(H,24,28);1H. The number of hydrogen-bond acceptors (Lipinski definition) is 5. The van der Waals surface area contributed by atoms with Crippen LogP contribution >= 0.6 is 12.4 Å². The number of hydrogen-bond donors (Lipinski definition) is 2. The fourth-order valence-electron chi connectivity index (χ4n) is 3.69. The lowest BCUT2D eigenvalue weighted by atomic mass is 10.1. The number of nitrogens with zero attached hydrogens (tertiary/aromatic N) is 2. The number of ether oxygens (including phenoxy) is 1. The molecule has 1 amide bonds. The number of benzene rings is 2. The van der Waals surface area contributed by atoms with E-state index in [4.69, 9.17) is 4.74 Å². The van der Waals surface area contributed by atoms with E-state index in [-0.39, 0.29) is 24.1 Å². The monoisotopic (exact) mass is 433 g/mol. The number of methoxy groups -OCH3 is 1. The molecule has 3 rings (SSSR count). The zero-order valence-corrected chi connectivity index (χ0v) is 18.4. The van der Waals surface area contributed by atoms with E-state index in [0.29, 0.717) is 12.1 Å². The van der Waals surface area contributed by atoms with Crippen LogP contribution in [-0.2, 0) is 4.79 Å². The molecule has 7 heteroatoms. The van der Waals surface area contributed by atoms with E-state index in [1.165, 1.54) is 5.69 Å². The molecule has 1 aliphatic rings. The summed E-state index contributed by atoms with van der Waals surface area (Å²) in [6.07, 6.45) is 3.47. The highest BCUT2D eigenvalue weighted by atomic mass is 35.5. The van der Waals surface area contributed by atoms with Crippen molar-refractivity contribution in [3.05, 3.63) is 48.5 Å². The van der Waals surface area contributed by atoms with Gasteiger partial charge in [-0.1, -0.05) is 30.7 Å². The number of carbonyl (C=O) groups excluding carboxylic acids is 1. The minimum absolute atomic E-state index is 0. The maximum Gasteiger partial charge on any atom is 0.224 e. The molecule has 2 aromatic carbocycles. The van der Waals surface area contributed by atoms with Crippen LogP contribution < -0.4 is 15.0 Å². The average molecular weight is 434 g/mol. The number of amides is 1. The third-order valence-corrected chi connectivity index (χ3v) is 5.35. The Morgan fingerprint density at radius 2 is 1.70 bits per heavy atom. The van der Waals surface area contributed by atoms with Gasteiger partial charge in [-0.2, -0.15) is 0 Å². The van der Waals surface area contributed by atoms with Crippen molar-refractivity contribution in [3.63, 3.8) is 0 Å². The van der Waals surface area contributed by atoms with E-state index in [1.54, 1.807) is 31.4 Å². The third-order valence-electron chi connectivity index (χ3n) is 5.35. The highest BCUT2D eigenvalue weighted by molar-refractivity contribution is 5.92. The Labute approximate surface area is 185 Å². The Balaban J connectivity index is 0.00000320. The second-order valence-corrected chi connectivity index (χ2v) is 7.38. The van der Waals surface area contributed by atoms with Crippen LogP contribution in [0, 0.1) is 0 Å². The van der Waals surface area contributed by atoms with Crippen molar-refractivity contribution in [2.75, 3.05) is 50.1 Å². The van der Waals surface area contributed by atoms with Crippen molar-refractivity contribution in [2.24, 2.45) is 0 Å². The molecule has 1 fully saturated rings. The maximum atomic E-state index is 12.0. The summed E-state index contributed by atoms with van der Waals surface area (Å²) in [7, 11) is 1.72. The molecule has 164 valence electrons. The molecular formula is C23H32ClN3O3. The summed E-state index contributed by atoms with van der Waals surface area (Å²) in [5.74, 6) is 0.994. The van der Waals surface area contributed by atoms with Crippen LogP contribution in [0.15, 0.2) is 48.5 Å². The van der Waals surface area contributed by atoms with Crippen LogP contribution in [0.5, 0.6) is 11.5 Å². The lowest BCUT2D eigenvalue weighted by Gasteiger charge is -2.36. The highest BCUT2D eigenvalue weighted by Crippen LogP contribution is 2.28. The molecule has 0 aliphatic carbocycles. The Morgan fingerprint density at radius 3 is 2.43 bits per heavy atom. The first-order valence-electron chi connectivity index (χ1n) is 10.4. The van der Waals surface area contributed by atoms with Gasteiger partial charge in [-0.25, -0.2) is 0 Å². The number of rotatable bonds is 9. The number of nitrogens with one attached hydrogen (secondary N) is 1. The fraction of sp³-hybridized carbons (Fsp3) is 0.435. The summed E-state index contributed by atoms with van der Waals surface area (Å²) in [5, 5.41) is 12.5. The van der Waals surface area contributed by atoms with Gasteiger partial charge >= 0.3 is 0 Å². The summed E-state index contributed by atoms with van der Waals surface area (Å²) < 4.78 is 5.48. The van der Waals surface area contributed by atoms with Gasteiger partial charge in [0.15, 0.2) is 0 Å². The number of halogens is 1. The normalized spacial score (nSPS) is 14.1. The molecule has 1 saturated heterocycles. The molecule has 30 heavy (non-hydrogen) atoms. The van der Waals surface area contributed by atoms with Gasteiger partial charge in [0.05, 0.1) is 18.5 Å². The Hall–Kier alpha value is -2.44. The van der Waals surface area contributed by atoms with Gasteiger partial charge in [0.25, 0.3) is 0 Å². The van der Waals surface area contributed by atoms with Gasteiger partial charge in [-0.3, -0.25) is 9.69 Å². The zero-order chi connectivity index (χ0) is 20.5. The van der Waals surface area contributed by atoms with Gasteiger partial charge < -0.3 is 20.1 Å². The number of piperazine rings is 1. The lowest BCUT2D eigenvalue weighted by molar-refractivity contribution is -0.116. The Bertz CT molecular complexity index is 795. The zero-order valence-electron chi connectivity index (χ0n) is 17.5. The van der Waals surface area contributed by atoms with E-state index in [2.05, 4.69) is 27.2 Å². The number of aromatic hydroxyl groups is 1. The first-order valence-corrected chi connectivity index (χ1v) is 10.4. The number of phenols is 1. The molecule has 1 heterocycles. The largest absolute Gasteiger partial charge is 0.506 e. The molecule has 0 spiro atoms. The Kier molecular flexibility index (Phi) is 9.77. The minimum atomic E-state index is -0.0445. The van der Waals surface area contributed by atoms with Gasteiger partial charge in [-0.05, 0) is 43.7 Å². The predicted molar refractivity (Wildman–Crippen MR) is 124 cm³/mol. The van der Waals surface area contributed by atoms with Crippen molar-refractivity contribution in [2.45, 2.75) is 25.7 Å². The van der Waals surface area contributed by atoms with Crippen molar-refractivity contribution < 1.29 is 14.6 Å². The van der Waals surface area contributed by atoms with Crippen molar-refractivity contribution >= 4 is 29.7 Å². The number of unbranched alkanes of at least 4 members (excludes halogenated alkanes) is 2. The van der Waals surface area contributed by atoms with Crippen molar-refractivity contribution in [3.8, 4) is 11.5 Å². The number of phenolic OH excluding ortho intramolecular Hbond substituents is 1. The van der Waals surface area contributed by atoms with Gasteiger partial charge in [0, 0.05) is 32.6 Å². The molecule has 0 saturated carbocycles. The topological polar surface area (TPSA) is 65.0 Å². The van der Waals surface area contributed by atoms with E-state index in [0.717, 1.165) is 57.7 Å². The minimum Gasteiger partial charge on any atom is -0.506 e.